The Morgan fingerprint density at radius 1 is 0.944 bits per heavy atom. The number of nitrogens with two attached hydrogens (primary N) is 1. The molecule has 3 aromatic rings. The van der Waals surface area contributed by atoms with Gasteiger partial charge < -0.3 is 16.0 Å². The number of aromatic nitrogens is 1. The highest BCUT2D eigenvalue weighted by Crippen LogP contribution is 2.36. The van der Waals surface area contributed by atoms with Crippen LogP contribution in [0.4, 0.5) is 11.5 Å². The summed E-state index contributed by atoms with van der Waals surface area (Å²) in [4.78, 5) is 20.2. The lowest BCUT2D eigenvalue weighted by Crippen LogP contribution is -2.44. The molecule has 0 unspecified atom stereocenters. The third kappa shape index (κ3) is 7.95. The van der Waals surface area contributed by atoms with Gasteiger partial charge in [0, 0.05) is 36.0 Å². The van der Waals surface area contributed by atoms with Crippen LogP contribution < -0.4 is 16.0 Å². The van der Waals surface area contributed by atoms with Crippen LogP contribution in [0.3, 0.4) is 0 Å². The number of rotatable bonds is 8. The Labute approximate surface area is 227 Å². The van der Waals surface area contributed by atoms with Gasteiger partial charge in [-0.25, -0.2) is 4.98 Å². The molecule has 1 fully saturated rings. The number of carbonyl (C=O) groups is 1. The van der Waals surface area contributed by atoms with Gasteiger partial charge in [0.05, 0.1) is 6.54 Å². The average molecular weight is 530 g/mol. The predicted octanol–water partition coefficient (Wildman–Crippen LogP) is 6.61. The molecule has 1 aliphatic carbocycles. The van der Waals surface area contributed by atoms with Gasteiger partial charge in [0.1, 0.15) is 5.82 Å². The molecule has 1 saturated carbocycles. The molecule has 0 aliphatic heterocycles. The number of nitrogens with one attached hydrogen (secondary N) is 1. The van der Waals surface area contributed by atoms with E-state index in [1.807, 2.05) is 53.4 Å². The summed E-state index contributed by atoms with van der Waals surface area (Å²) in [6.45, 7) is 5.43. The van der Waals surface area contributed by atoms with Crippen molar-refractivity contribution in [2.45, 2.75) is 58.2 Å². The first kappa shape index (κ1) is 29.6. The van der Waals surface area contributed by atoms with Crippen molar-refractivity contribution in [2.24, 2.45) is 17.6 Å². The number of pyridine rings is 1. The van der Waals surface area contributed by atoms with Gasteiger partial charge in [-0.3, -0.25) is 4.79 Å². The quantitative estimate of drug-likeness (QED) is 0.344. The highest BCUT2D eigenvalue weighted by molar-refractivity contribution is 5.95. The first-order chi connectivity index (χ1) is 16.4. The normalized spacial score (nSPS) is 17.3. The predicted molar refractivity (Wildman–Crippen MR) is 154 cm³/mol. The molecule has 36 heavy (non-hydrogen) atoms. The van der Waals surface area contributed by atoms with Crippen molar-refractivity contribution in [3.63, 3.8) is 0 Å². The fourth-order valence-corrected chi connectivity index (χ4v) is 4.84. The third-order valence-corrected chi connectivity index (χ3v) is 6.95. The number of carbonyl (C=O) groups excluding carboxylic acids is 1. The number of benzene rings is 2. The number of hydrogen-bond donors (Lipinski definition) is 2. The summed E-state index contributed by atoms with van der Waals surface area (Å²) in [5.74, 6) is 1.45. The molecular formula is C29H38Cl2N4O. The highest BCUT2D eigenvalue weighted by atomic mass is 35.5. The molecule has 0 atom stereocenters. The molecule has 1 heterocycles. The second-order valence-electron chi connectivity index (χ2n) is 10.0. The van der Waals surface area contributed by atoms with Gasteiger partial charge >= 0.3 is 0 Å². The largest absolute Gasteiger partial charge is 0.366 e. The lowest BCUT2D eigenvalue weighted by molar-refractivity contribution is -0.123. The van der Waals surface area contributed by atoms with Crippen molar-refractivity contribution in [3.05, 3.63) is 90.1 Å². The topological polar surface area (TPSA) is 71.2 Å². The van der Waals surface area contributed by atoms with E-state index >= 15 is 0 Å². The molecule has 194 valence electrons. The molecule has 5 nitrogen and oxygen atoms in total. The number of anilines is 2. The molecule has 4 rings (SSSR count). The summed E-state index contributed by atoms with van der Waals surface area (Å²) in [5, 5.41) is 3.40. The van der Waals surface area contributed by atoms with Gasteiger partial charge in [-0.2, -0.15) is 0 Å². The van der Waals surface area contributed by atoms with Crippen LogP contribution in [0.5, 0.6) is 0 Å². The van der Waals surface area contributed by atoms with E-state index < -0.39 is 0 Å². The van der Waals surface area contributed by atoms with E-state index in [0.29, 0.717) is 19.0 Å². The molecule has 3 N–H and O–H groups in total. The van der Waals surface area contributed by atoms with Crippen LogP contribution in [-0.4, -0.2) is 16.4 Å². The highest BCUT2D eigenvalue weighted by Gasteiger charge is 2.34. The van der Waals surface area contributed by atoms with Crippen molar-refractivity contribution in [1.29, 1.82) is 0 Å². The summed E-state index contributed by atoms with van der Waals surface area (Å²) in [6.07, 6.45) is 5.56. The molecule has 1 aromatic heterocycles. The van der Waals surface area contributed by atoms with Crippen LogP contribution in [0.2, 0.25) is 0 Å². The number of hydrogen-bond acceptors (Lipinski definition) is 4. The summed E-state index contributed by atoms with van der Waals surface area (Å²) in [5.41, 5.74) is 9.35. The molecule has 0 saturated heterocycles. The fourth-order valence-electron chi connectivity index (χ4n) is 4.84. The first-order valence-electron chi connectivity index (χ1n) is 12.3. The SMILES string of the molecule is CC(C)(N)C1CCC(C(=O)N(Cc2ccccc2)c2ccnc(NCc3ccccc3)c2)CC1.Cl.Cl. The van der Waals surface area contributed by atoms with Crippen molar-refractivity contribution >= 4 is 42.2 Å². The van der Waals surface area contributed by atoms with Crippen LogP contribution in [-0.2, 0) is 17.9 Å². The molecule has 2 aromatic carbocycles. The van der Waals surface area contributed by atoms with Gasteiger partial charge in [0.2, 0.25) is 5.91 Å². The monoisotopic (exact) mass is 528 g/mol. The Bertz CT molecular complexity index is 1070. The molecule has 1 amide bonds. The average Bonchev–Trinajstić information content (AvgIpc) is 2.87. The maximum atomic E-state index is 13.8. The van der Waals surface area contributed by atoms with Crippen molar-refractivity contribution < 1.29 is 4.79 Å². The second-order valence-corrected chi connectivity index (χ2v) is 10.0. The molecule has 0 spiro atoms. The lowest BCUT2D eigenvalue weighted by Gasteiger charge is -2.37. The summed E-state index contributed by atoms with van der Waals surface area (Å²) < 4.78 is 0. The summed E-state index contributed by atoms with van der Waals surface area (Å²) in [7, 11) is 0. The molecule has 0 radical (unpaired) electrons. The Kier molecular flexibility index (Phi) is 11.2. The van der Waals surface area contributed by atoms with Crippen LogP contribution in [0.25, 0.3) is 0 Å². The number of halogens is 2. The Balaban J connectivity index is 0.00000228. The Morgan fingerprint density at radius 2 is 1.53 bits per heavy atom. The van der Waals surface area contributed by atoms with E-state index in [1.165, 1.54) is 5.56 Å². The second kappa shape index (κ2) is 13.6. The first-order valence-corrected chi connectivity index (χ1v) is 12.3. The number of amides is 1. The maximum Gasteiger partial charge on any atom is 0.230 e. The zero-order valence-electron chi connectivity index (χ0n) is 21.1. The van der Waals surface area contributed by atoms with E-state index in [2.05, 4.69) is 48.4 Å². The summed E-state index contributed by atoms with van der Waals surface area (Å²) in [6, 6.07) is 24.3. The van der Waals surface area contributed by atoms with Crippen LogP contribution in [0, 0.1) is 11.8 Å². The lowest BCUT2D eigenvalue weighted by atomic mass is 9.73. The number of nitrogens with zero attached hydrogens (tertiary/aromatic N) is 2. The molecular weight excluding hydrogens is 491 g/mol. The Morgan fingerprint density at radius 3 is 2.11 bits per heavy atom. The molecule has 7 heteroatoms. The fraction of sp³-hybridized carbons (Fsp3) is 0.379. The van der Waals surface area contributed by atoms with E-state index in [1.54, 1.807) is 6.20 Å². The minimum absolute atomic E-state index is 0. The summed E-state index contributed by atoms with van der Waals surface area (Å²) >= 11 is 0. The molecule has 1 aliphatic rings. The standard InChI is InChI=1S/C29H36N4O.2ClH/c1-29(2,30)25-15-13-24(14-16-25)28(34)33(21-23-11-7-4-8-12-23)26-17-18-31-27(19-26)32-20-22-9-5-3-6-10-22;;/h3-12,17-19,24-25H,13-16,20-21,30H2,1-2H3,(H,31,32);2*1H. The van der Waals surface area contributed by atoms with Gasteiger partial charge in [-0.05, 0) is 62.6 Å². The third-order valence-electron chi connectivity index (χ3n) is 6.95. The minimum Gasteiger partial charge on any atom is -0.366 e. The van der Waals surface area contributed by atoms with Gasteiger partial charge in [0.25, 0.3) is 0 Å². The van der Waals surface area contributed by atoms with Gasteiger partial charge in [0.15, 0.2) is 0 Å². The van der Waals surface area contributed by atoms with Crippen LogP contribution in [0.1, 0.15) is 50.7 Å². The van der Waals surface area contributed by atoms with Crippen molar-refractivity contribution in [1.82, 2.24) is 4.98 Å². The van der Waals surface area contributed by atoms with E-state index in [0.717, 1.165) is 42.8 Å². The van der Waals surface area contributed by atoms with Gasteiger partial charge in [-0.15, -0.1) is 24.8 Å². The minimum atomic E-state index is -0.192. The van der Waals surface area contributed by atoms with Gasteiger partial charge in [-0.1, -0.05) is 60.7 Å². The van der Waals surface area contributed by atoms with Crippen LogP contribution >= 0.6 is 24.8 Å². The molecule has 0 bridgehead atoms. The van der Waals surface area contributed by atoms with Crippen molar-refractivity contribution in [3.8, 4) is 0 Å². The van der Waals surface area contributed by atoms with Crippen molar-refractivity contribution in [2.75, 3.05) is 10.2 Å². The van der Waals surface area contributed by atoms with E-state index in [4.69, 9.17) is 5.73 Å². The smallest absolute Gasteiger partial charge is 0.230 e. The zero-order chi connectivity index (χ0) is 24.0. The van der Waals surface area contributed by atoms with E-state index in [-0.39, 0.29) is 42.2 Å². The maximum absolute atomic E-state index is 13.8. The zero-order valence-corrected chi connectivity index (χ0v) is 22.7. The van der Waals surface area contributed by atoms with E-state index in [9.17, 15) is 4.79 Å². The van der Waals surface area contributed by atoms with Crippen LogP contribution in [0.15, 0.2) is 79.0 Å². The Hall–Kier alpha value is -2.60.